The van der Waals surface area contributed by atoms with Crippen LogP contribution >= 0.6 is 0 Å². The van der Waals surface area contributed by atoms with Gasteiger partial charge in [-0.2, -0.15) is 0 Å². The van der Waals surface area contributed by atoms with Crippen LogP contribution in [0, 0.1) is 0 Å². The van der Waals surface area contributed by atoms with Crippen molar-refractivity contribution in [2.45, 2.75) is 6.54 Å². The molecule has 0 atom stereocenters. The molecule has 0 unspecified atom stereocenters. The smallest absolute Gasteiger partial charge is 0.323 e. The fraction of sp³-hybridized carbons (Fsp3) is 0.160. The van der Waals surface area contributed by atoms with Crippen molar-refractivity contribution < 1.29 is 9.53 Å². The Labute approximate surface area is 182 Å². The second kappa shape index (κ2) is 9.36. The van der Waals surface area contributed by atoms with Gasteiger partial charge in [0.05, 0.1) is 0 Å². The first-order valence-electron chi connectivity index (χ1n) is 10.2. The molecular weight excluding hydrogens is 388 g/mol. The number of likely N-dealkylation sites (N-methyl/N-ethyl adjacent to an activating group) is 1. The molecule has 6 heteroatoms. The molecule has 2 N–H and O–H groups in total. The second-order valence-electron chi connectivity index (χ2n) is 7.60. The Kier molecular flexibility index (Phi) is 6.19. The highest BCUT2D eigenvalue weighted by molar-refractivity contribution is 6.01. The molecule has 0 saturated carbocycles. The summed E-state index contributed by atoms with van der Waals surface area (Å²) in [7, 11) is 4.13. The molecule has 0 radical (unpaired) electrons. The lowest BCUT2D eigenvalue weighted by Gasteiger charge is -2.12. The van der Waals surface area contributed by atoms with E-state index in [0.29, 0.717) is 11.4 Å². The van der Waals surface area contributed by atoms with Crippen molar-refractivity contribution in [2.24, 2.45) is 0 Å². The lowest BCUT2D eigenvalue weighted by atomic mass is 10.2. The number of fused-ring (bicyclic) bond motifs is 1. The van der Waals surface area contributed by atoms with Crippen LogP contribution in [0.2, 0.25) is 0 Å². The molecule has 1 aromatic heterocycles. The molecule has 0 saturated heterocycles. The first-order chi connectivity index (χ1) is 15.1. The van der Waals surface area contributed by atoms with Crippen LogP contribution in [0.1, 0.15) is 0 Å². The Morgan fingerprint density at radius 3 is 2.29 bits per heavy atom. The quantitative estimate of drug-likeness (QED) is 0.411. The number of hydrogen-bond acceptors (Lipinski definition) is 3. The van der Waals surface area contributed by atoms with E-state index in [-0.39, 0.29) is 6.03 Å². The number of benzene rings is 3. The number of urea groups is 1. The number of nitrogens with zero attached hydrogens (tertiary/aromatic N) is 2. The Morgan fingerprint density at radius 1 is 0.871 bits per heavy atom. The van der Waals surface area contributed by atoms with Crippen LogP contribution in [0.4, 0.5) is 16.2 Å². The molecule has 1 heterocycles. The highest BCUT2D eigenvalue weighted by atomic mass is 16.5. The Balaban J connectivity index is 1.35. The van der Waals surface area contributed by atoms with E-state index in [0.717, 1.165) is 35.4 Å². The van der Waals surface area contributed by atoms with Crippen LogP contribution in [-0.2, 0) is 6.54 Å². The molecule has 4 rings (SSSR count). The number of amides is 2. The van der Waals surface area contributed by atoms with Crippen LogP contribution in [0.3, 0.4) is 0 Å². The lowest BCUT2D eigenvalue weighted by Crippen LogP contribution is -2.19. The summed E-state index contributed by atoms with van der Waals surface area (Å²) in [6.45, 7) is 1.90. The van der Waals surface area contributed by atoms with E-state index in [1.54, 1.807) is 0 Å². The molecule has 31 heavy (non-hydrogen) atoms. The van der Waals surface area contributed by atoms with Crippen molar-refractivity contribution in [2.75, 3.05) is 31.3 Å². The maximum atomic E-state index is 12.4. The van der Waals surface area contributed by atoms with Crippen LogP contribution in [0.5, 0.6) is 11.5 Å². The van der Waals surface area contributed by atoms with Crippen molar-refractivity contribution in [1.82, 2.24) is 9.47 Å². The number of para-hydroxylation sites is 1. The van der Waals surface area contributed by atoms with Crippen LogP contribution in [-0.4, -0.2) is 36.1 Å². The highest BCUT2D eigenvalue weighted by Crippen LogP contribution is 2.23. The first kappa shape index (κ1) is 20.5. The summed E-state index contributed by atoms with van der Waals surface area (Å²) in [6, 6.07) is 24.6. The molecule has 2 amide bonds. The largest absolute Gasteiger partial charge is 0.457 e. The fourth-order valence-electron chi connectivity index (χ4n) is 3.30. The number of hydrogen-bond donors (Lipinski definition) is 2. The summed E-state index contributed by atoms with van der Waals surface area (Å²) in [5.41, 5.74) is 2.59. The summed E-state index contributed by atoms with van der Waals surface area (Å²) in [5, 5.41) is 6.85. The molecule has 0 spiro atoms. The number of carbonyl (C=O) groups excluding carboxylic acids is 1. The van der Waals surface area contributed by atoms with E-state index in [1.165, 1.54) is 0 Å². The first-order valence-corrected chi connectivity index (χ1v) is 10.2. The van der Waals surface area contributed by atoms with E-state index >= 15 is 0 Å². The third-order valence-corrected chi connectivity index (χ3v) is 4.91. The number of rotatable bonds is 7. The summed E-state index contributed by atoms with van der Waals surface area (Å²) in [6.07, 6.45) is 2.08. The standard InChI is InChI=1S/C25H26N4O2/c1-28(2)16-17-29-15-14-19-18-21(10-13-24(19)29)27-25(30)26-20-8-11-23(12-9-20)31-22-6-4-3-5-7-22/h3-15,18H,16-17H2,1-2H3,(H2,26,27,30). The second-order valence-corrected chi connectivity index (χ2v) is 7.60. The summed E-state index contributed by atoms with van der Waals surface area (Å²) < 4.78 is 7.99. The number of nitrogens with one attached hydrogen (secondary N) is 2. The SMILES string of the molecule is CN(C)CCn1ccc2cc(NC(=O)Nc3ccc(Oc4ccccc4)cc3)ccc21. The van der Waals surface area contributed by atoms with Gasteiger partial charge in [0.15, 0.2) is 0 Å². The van der Waals surface area contributed by atoms with Crippen LogP contribution in [0.15, 0.2) is 85.1 Å². The van der Waals surface area contributed by atoms with Crippen molar-refractivity contribution in [3.05, 3.63) is 85.1 Å². The predicted octanol–water partition coefficient (Wildman–Crippen LogP) is 5.64. The van der Waals surface area contributed by atoms with E-state index in [1.807, 2.05) is 72.8 Å². The molecule has 158 valence electrons. The number of carbonyl (C=O) groups is 1. The van der Waals surface area contributed by atoms with Crippen LogP contribution < -0.4 is 15.4 Å². The predicted molar refractivity (Wildman–Crippen MR) is 126 cm³/mol. The minimum absolute atomic E-state index is 0.289. The molecule has 0 bridgehead atoms. The lowest BCUT2D eigenvalue weighted by molar-refractivity contribution is 0.262. The van der Waals surface area contributed by atoms with Crippen molar-refractivity contribution in [3.8, 4) is 11.5 Å². The number of anilines is 2. The summed E-state index contributed by atoms with van der Waals surface area (Å²) in [5.74, 6) is 1.48. The molecule has 4 aromatic rings. The van der Waals surface area contributed by atoms with Gasteiger partial charge >= 0.3 is 6.03 Å². The fourth-order valence-corrected chi connectivity index (χ4v) is 3.30. The van der Waals surface area contributed by atoms with E-state index in [2.05, 4.69) is 46.5 Å². The average molecular weight is 415 g/mol. The van der Waals surface area contributed by atoms with Crippen molar-refractivity contribution >= 4 is 28.3 Å². The van der Waals surface area contributed by atoms with Crippen LogP contribution in [0.25, 0.3) is 10.9 Å². The Hall–Kier alpha value is -3.77. The van der Waals surface area contributed by atoms with Gasteiger partial charge in [-0.3, -0.25) is 0 Å². The highest BCUT2D eigenvalue weighted by Gasteiger charge is 2.07. The monoisotopic (exact) mass is 414 g/mol. The summed E-state index contributed by atoms with van der Waals surface area (Å²) >= 11 is 0. The number of aromatic nitrogens is 1. The zero-order valence-corrected chi connectivity index (χ0v) is 17.7. The zero-order valence-electron chi connectivity index (χ0n) is 17.7. The van der Waals surface area contributed by atoms with E-state index < -0.39 is 0 Å². The zero-order chi connectivity index (χ0) is 21.6. The maximum absolute atomic E-state index is 12.4. The Morgan fingerprint density at radius 2 is 1.55 bits per heavy atom. The molecule has 0 aliphatic carbocycles. The number of ether oxygens (including phenoxy) is 1. The minimum Gasteiger partial charge on any atom is -0.457 e. The van der Waals surface area contributed by atoms with E-state index in [4.69, 9.17) is 4.74 Å². The molecular formula is C25H26N4O2. The van der Waals surface area contributed by atoms with Gasteiger partial charge in [0, 0.05) is 41.6 Å². The average Bonchev–Trinajstić information content (AvgIpc) is 3.16. The maximum Gasteiger partial charge on any atom is 0.323 e. The van der Waals surface area contributed by atoms with Crippen molar-refractivity contribution in [1.29, 1.82) is 0 Å². The summed E-state index contributed by atoms with van der Waals surface area (Å²) in [4.78, 5) is 14.6. The molecule has 0 aliphatic heterocycles. The topological polar surface area (TPSA) is 58.5 Å². The van der Waals surface area contributed by atoms with Gasteiger partial charge in [0.1, 0.15) is 11.5 Å². The van der Waals surface area contributed by atoms with Gasteiger partial charge in [-0.1, -0.05) is 18.2 Å². The molecule has 0 fully saturated rings. The third kappa shape index (κ3) is 5.43. The normalized spacial score (nSPS) is 10.9. The Bertz CT molecular complexity index is 1150. The minimum atomic E-state index is -0.289. The van der Waals surface area contributed by atoms with Gasteiger partial charge in [-0.05, 0) is 74.8 Å². The van der Waals surface area contributed by atoms with Gasteiger partial charge < -0.3 is 24.8 Å². The molecule has 6 nitrogen and oxygen atoms in total. The van der Waals surface area contributed by atoms with Gasteiger partial charge in [-0.15, -0.1) is 0 Å². The molecule has 0 aliphatic rings. The third-order valence-electron chi connectivity index (χ3n) is 4.91. The van der Waals surface area contributed by atoms with Crippen molar-refractivity contribution in [3.63, 3.8) is 0 Å². The van der Waals surface area contributed by atoms with E-state index in [9.17, 15) is 4.79 Å². The van der Waals surface area contributed by atoms with Gasteiger partial charge in [0.25, 0.3) is 0 Å². The van der Waals surface area contributed by atoms with Gasteiger partial charge in [0.2, 0.25) is 0 Å². The van der Waals surface area contributed by atoms with Gasteiger partial charge in [-0.25, -0.2) is 4.79 Å². The molecule has 3 aromatic carbocycles.